The highest BCUT2D eigenvalue weighted by molar-refractivity contribution is 7.99. The van der Waals surface area contributed by atoms with E-state index < -0.39 is 0 Å². The summed E-state index contributed by atoms with van der Waals surface area (Å²) < 4.78 is 8.02. The number of hydrogen-bond donors (Lipinski definition) is 0. The van der Waals surface area contributed by atoms with E-state index in [1.54, 1.807) is 18.0 Å². The molecule has 0 amide bonds. The number of nitrogens with zero attached hydrogens (tertiary/aromatic N) is 4. The molecule has 25 heavy (non-hydrogen) atoms. The van der Waals surface area contributed by atoms with Crippen LogP contribution >= 0.6 is 11.8 Å². The minimum atomic E-state index is 0.535. The summed E-state index contributed by atoms with van der Waals surface area (Å²) in [5.41, 5.74) is 1.03. The predicted molar refractivity (Wildman–Crippen MR) is 98.8 cm³/mol. The Hall–Kier alpha value is -2.34. The fourth-order valence-electron chi connectivity index (χ4n) is 2.66. The summed E-state index contributed by atoms with van der Waals surface area (Å²) in [6.07, 6.45) is 7.01. The lowest BCUT2D eigenvalue weighted by atomic mass is 10.3. The van der Waals surface area contributed by atoms with E-state index in [9.17, 15) is 0 Å². The molecule has 1 aliphatic rings. The molecule has 2 heterocycles. The van der Waals surface area contributed by atoms with Gasteiger partial charge in [-0.3, -0.25) is 9.55 Å². The topological polar surface area (TPSA) is 52.8 Å². The zero-order valence-electron chi connectivity index (χ0n) is 13.9. The molecule has 128 valence electrons. The van der Waals surface area contributed by atoms with Gasteiger partial charge in [0.25, 0.3) is 0 Å². The first-order chi connectivity index (χ1) is 12.4. The molecule has 0 bridgehead atoms. The van der Waals surface area contributed by atoms with E-state index in [0.29, 0.717) is 12.6 Å². The summed E-state index contributed by atoms with van der Waals surface area (Å²) in [6, 6.07) is 14.5. The first-order valence-electron chi connectivity index (χ1n) is 8.58. The summed E-state index contributed by atoms with van der Waals surface area (Å²) in [5.74, 6) is 2.82. The Balaban J connectivity index is 1.36. The first kappa shape index (κ1) is 16.1. The van der Waals surface area contributed by atoms with E-state index in [1.165, 1.54) is 12.8 Å². The molecule has 1 aromatic carbocycles. The van der Waals surface area contributed by atoms with Crippen molar-refractivity contribution in [3.63, 3.8) is 0 Å². The standard InChI is InChI=1S/C19H20N4OS/c1-2-7-17(8-3-1)24-12-5-13-25-19-22-21-18(23(19)16-9-10-16)15-6-4-11-20-14-15/h1-4,6-8,11,14,16H,5,9-10,12-13H2. The van der Waals surface area contributed by atoms with Crippen molar-refractivity contribution in [1.29, 1.82) is 0 Å². The van der Waals surface area contributed by atoms with Crippen LogP contribution in [0.5, 0.6) is 5.75 Å². The number of thioether (sulfide) groups is 1. The van der Waals surface area contributed by atoms with Gasteiger partial charge in [-0.1, -0.05) is 30.0 Å². The van der Waals surface area contributed by atoms with Crippen molar-refractivity contribution in [2.45, 2.75) is 30.5 Å². The van der Waals surface area contributed by atoms with Gasteiger partial charge in [-0.15, -0.1) is 10.2 Å². The zero-order valence-corrected chi connectivity index (χ0v) is 14.7. The van der Waals surface area contributed by atoms with Crippen LogP contribution in [0.3, 0.4) is 0 Å². The number of rotatable bonds is 8. The van der Waals surface area contributed by atoms with Crippen LogP contribution in [0.15, 0.2) is 60.0 Å². The molecule has 4 rings (SSSR count). The van der Waals surface area contributed by atoms with Gasteiger partial charge in [0.15, 0.2) is 11.0 Å². The van der Waals surface area contributed by atoms with Crippen LogP contribution < -0.4 is 4.74 Å². The van der Waals surface area contributed by atoms with Crippen molar-refractivity contribution < 1.29 is 4.74 Å². The van der Waals surface area contributed by atoms with Gasteiger partial charge in [-0.05, 0) is 43.5 Å². The van der Waals surface area contributed by atoms with Crippen LogP contribution in [0.2, 0.25) is 0 Å². The second-order valence-corrected chi connectivity index (χ2v) is 7.07. The van der Waals surface area contributed by atoms with Gasteiger partial charge in [-0.2, -0.15) is 0 Å². The Morgan fingerprint density at radius 1 is 1.08 bits per heavy atom. The maximum atomic E-state index is 5.74. The lowest BCUT2D eigenvalue weighted by Crippen LogP contribution is -2.02. The number of aromatic nitrogens is 4. The van der Waals surface area contributed by atoms with Crippen molar-refractivity contribution in [3.05, 3.63) is 54.9 Å². The zero-order chi connectivity index (χ0) is 16.9. The Bertz CT molecular complexity index is 803. The van der Waals surface area contributed by atoms with Crippen molar-refractivity contribution in [1.82, 2.24) is 19.7 Å². The Morgan fingerprint density at radius 2 is 1.96 bits per heavy atom. The smallest absolute Gasteiger partial charge is 0.191 e. The monoisotopic (exact) mass is 352 g/mol. The van der Waals surface area contributed by atoms with E-state index in [-0.39, 0.29) is 0 Å². The molecular formula is C19H20N4OS. The largest absolute Gasteiger partial charge is 0.494 e. The molecule has 2 aromatic heterocycles. The minimum Gasteiger partial charge on any atom is -0.494 e. The van der Waals surface area contributed by atoms with E-state index in [0.717, 1.165) is 34.5 Å². The highest BCUT2D eigenvalue weighted by Gasteiger charge is 2.30. The van der Waals surface area contributed by atoms with Crippen molar-refractivity contribution in [3.8, 4) is 17.1 Å². The maximum Gasteiger partial charge on any atom is 0.191 e. The summed E-state index contributed by atoms with van der Waals surface area (Å²) >= 11 is 1.75. The molecule has 0 radical (unpaired) electrons. The number of hydrogen-bond acceptors (Lipinski definition) is 5. The SMILES string of the molecule is c1ccc(OCCCSc2nnc(-c3cccnc3)n2C2CC2)cc1. The molecule has 0 unspecified atom stereocenters. The average Bonchev–Trinajstić information content (AvgIpc) is 3.42. The average molecular weight is 352 g/mol. The lowest BCUT2D eigenvalue weighted by Gasteiger charge is -2.09. The fourth-order valence-corrected chi connectivity index (χ4v) is 3.58. The van der Waals surface area contributed by atoms with Gasteiger partial charge in [0.05, 0.1) is 6.61 Å². The number of pyridine rings is 1. The van der Waals surface area contributed by atoms with Crippen molar-refractivity contribution in [2.24, 2.45) is 0 Å². The van der Waals surface area contributed by atoms with Crippen molar-refractivity contribution >= 4 is 11.8 Å². The molecule has 1 fully saturated rings. The highest BCUT2D eigenvalue weighted by Crippen LogP contribution is 2.40. The summed E-state index contributed by atoms with van der Waals surface area (Å²) in [5, 5.41) is 9.83. The minimum absolute atomic E-state index is 0.535. The molecule has 0 aliphatic heterocycles. The second-order valence-electron chi connectivity index (χ2n) is 6.01. The first-order valence-corrected chi connectivity index (χ1v) is 9.56. The molecule has 5 nitrogen and oxygen atoms in total. The number of para-hydroxylation sites is 1. The fraction of sp³-hybridized carbons (Fsp3) is 0.316. The third-order valence-electron chi connectivity index (χ3n) is 4.03. The molecular weight excluding hydrogens is 332 g/mol. The summed E-state index contributed by atoms with van der Waals surface area (Å²) in [6.45, 7) is 0.712. The maximum absolute atomic E-state index is 5.74. The molecule has 0 saturated heterocycles. The molecule has 0 atom stereocenters. The molecule has 0 N–H and O–H groups in total. The Kier molecular flexibility index (Phi) is 4.97. The van der Waals surface area contributed by atoms with Crippen LogP contribution in [0.1, 0.15) is 25.3 Å². The van der Waals surface area contributed by atoms with Crippen LogP contribution in [0, 0.1) is 0 Å². The normalized spacial score (nSPS) is 13.8. The quantitative estimate of drug-likeness (QED) is 0.448. The van der Waals surface area contributed by atoms with Gasteiger partial charge in [0.2, 0.25) is 0 Å². The summed E-state index contributed by atoms with van der Waals surface area (Å²) in [7, 11) is 0. The van der Waals surface area contributed by atoms with E-state index in [2.05, 4.69) is 19.7 Å². The third-order valence-corrected chi connectivity index (χ3v) is 5.06. The summed E-state index contributed by atoms with van der Waals surface area (Å²) in [4.78, 5) is 4.20. The van der Waals surface area contributed by atoms with Gasteiger partial charge < -0.3 is 4.74 Å². The van der Waals surface area contributed by atoms with E-state index in [1.807, 2.05) is 48.7 Å². The predicted octanol–water partition coefficient (Wildman–Crippen LogP) is 4.24. The van der Waals surface area contributed by atoms with E-state index >= 15 is 0 Å². The third kappa shape index (κ3) is 4.02. The lowest BCUT2D eigenvalue weighted by molar-refractivity contribution is 0.318. The molecule has 3 aromatic rings. The van der Waals surface area contributed by atoms with Crippen LogP contribution in [0.25, 0.3) is 11.4 Å². The second kappa shape index (κ2) is 7.70. The molecule has 0 spiro atoms. The molecule has 1 aliphatic carbocycles. The van der Waals surface area contributed by atoms with Gasteiger partial charge >= 0.3 is 0 Å². The van der Waals surface area contributed by atoms with Crippen LogP contribution in [0.4, 0.5) is 0 Å². The highest BCUT2D eigenvalue weighted by atomic mass is 32.2. The van der Waals surface area contributed by atoms with Gasteiger partial charge in [0.1, 0.15) is 5.75 Å². The van der Waals surface area contributed by atoms with E-state index in [4.69, 9.17) is 4.74 Å². The van der Waals surface area contributed by atoms with Crippen LogP contribution in [-0.4, -0.2) is 32.1 Å². The number of benzene rings is 1. The molecule has 1 saturated carbocycles. The van der Waals surface area contributed by atoms with Crippen LogP contribution in [-0.2, 0) is 0 Å². The van der Waals surface area contributed by atoms with Crippen molar-refractivity contribution in [2.75, 3.05) is 12.4 Å². The van der Waals surface area contributed by atoms with Gasteiger partial charge in [-0.25, -0.2) is 0 Å². The molecule has 6 heteroatoms. The Morgan fingerprint density at radius 3 is 2.72 bits per heavy atom. The number of ether oxygens (including phenoxy) is 1. The Labute approximate surface area is 151 Å². The van der Waals surface area contributed by atoms with Gasteiger partial charge in [0, 0.05) is 29.8 Å².